The lowest BCUT2D eigenvalue weighted by Gasteiger charge is -2.36. The van der Waals surface area contributed by atoms with E-state index in [1.807, 2.05) is 192 Å². The van der Waals surface area contributed by atoms with Gasteiger partial charge in [0.25, 0.3) is 29.5 Å². The van der Waals surface area contributed by atoms with Crippen molar-refractivity contribution in [1.82, 2.24) is 147 Å². The van der Waals surface area contributed by atoms with Crippen LogP contribution >= 0.6 is 0 Å². The first kappa shape index (κ1) is 94.3. The van der Waals surface area contributed by atoms with Crippen molar-refractivity contribution in [3.05, 3.63) is 212 Å². The Hall–Kier alpha value is -16.3. The van der Waals surface area contributed by atoms with Gasteiger partial charge in [0.2, 0.25) is 0 Å². The lowest BCUT2D eigenvalue weighted by molar-refractivity contribution is 0.0675. The number of para-hydroxylation sites is 10. The number of nitrogens with zero attached hydrogens (tertiary/aromatic N) is 26. The second-order valence-corrected chi connectivity index (χ2v) is 39.5. The van der Waals surface area contributed by atoms with Gasteiger partial charge >= 0.3 is 0 Å². The molecule has 9 N–H and O–H groups in total. The Bertz CT molecular complexity index is 8540. The number of fused-ring (bicyclic) bond motifs is 25. The van der Waals surface area contributed by atoms with Crippen LogP contribution in [-0.2, 0) is 0 Å². The molecular weight excluding hydrogens is 1860 g/mol. The first-order valence-corrected chi connectivity index (χ1v) is 50.6. The number of rotatable bonds is 20. The maximum absolute atomic E-state index is 14.0. The van der Waals surface area contributed by atoms with Gasteiger partial charge in [-0.15, -0.1) is 0 Å². The number of pyridine rings is 5. The van der Waals surface area contributed by atoms with Gasteiger partial charge in [0.05, 0.1) is 117 Å². The minimum Gasteiger partial charge on any atom is -0.387 e. The molecule has 0 bridgehead atoms. The second kappa shape index (κ2) is 40.0. The fourth-order valence-electron chi connectivity index (χ4n) is 21.0. The molecule has 5 aromatic carbocycles. The van der Waals surface area contributed by atoms with Gasteiger partial charge in [0, 0.05) is 147 Å². The monoisotopic (exact) mass is 1970 g/mol. The summed E-state index contributed by atoms with van der Waals surface area (Å²) in [5.74, 6) is -0.372. The summed E-state index contributed by atoms with van der Waals surface area (Å²) in [7, 11) is 11.7. The maximum atomic E-state index is 14.0. The lowest BCUT2D eigenvalue weighted by atomic mass is 10.1. The molecule has 0 radical (unpaired) electrons. The number of likely N-dealkylation sites (tertiary alicyclic amines) is 2. The van der Waals surface area contributed by atoms with E-state index < -0.39 is 0 Å². The van der Waals surface area contributed by atoms with E-state index in [4.69, 9.17) is 24.9 Å². The molecule has 27 rings (SSSR count). The smallest absolute Gasteiger partial charge is 0.259 e. The van der Waals surface area contributed by atoms with Crippen LogP contribution in [0.1, 0.15) is 123 Å². The average molecular weight is 1970 g/mol. The third kappa shape index (κ3) is 18.2. The standard InChI is InChI=1S/2C23H25N7O.2C21H23N7O.C19H19N7O/c1-28-9-4-10-29(12-11-28)23(31)19-20(26-15-7-8-15)16-13-24-14-25-21(16)30-18-6-3-2-5-17(18)27-22(19)30;31-23(25-9-12-29-10-3-4-11-29)19-20(27-15-7-8-15)16-13-24-14-26-21(16)30-18-6-2-1-5-17(18)28-22(19)30;1-12-9-27(10-13(2)25-12)21(29)17-18(22-3)14-8-23-11-24-19(14)28-16-7-5-4-6-15(16)26-20(17)28;1-27(2)10-9-23-21(29)17-18(25-13-7-8-13)14-11-22-12-24-19(14)28-16-6-4-3-5-15(16)26-20(17)28;1-20-16-12-7-21-10-22-17(12)26-14-6-4-3-5-13(14)24-18(26)15(16)19(27)23-11-8-25(2)9-11/h2-3,5-6,13-15,26H,4,7-12H2,1H3;1-2,5-6,13-15,27H,3-4,7-12H2,(H,25,31);4-8,11-13,22,25H,9-10H2,1-3H3;3-6,11-13,25H,7-10H2,1-2H3,(H,23,29);3-7,10-11,20H,8-9H2,1-2H3,(H,23,27)/t;;12-,13+;;. The van der Waals surface area contributed by atoms with E-state index in [9.17, 15) is 24.0 Å². The number of aromatic nitrogens is 20. The van der Waals surface area contributed by atoms with Crippen LogP contribution in [0.2, 0.25) is 0 Å². The number of imidazole rings is 5. The number of nitrogens with one attached hydrogen (secondary N) is 9. The Morgan fingerprint density at radius 3 is 1.05 bits per heavy atom. The first-order chi connectivity index (χ1) is 71.9. The Balaban J connectivity index is 0.000000101. The number of anilines is 5. The summed E-state index contributed by atoms with van der Waals surface area (Å²) in [6.07, 6.45) is 26.6. The van der Waals surface area contributed by atoms with Gasteiger partial charge in [0.15, 0.2) is 56.5 Å². The second-order valence-electron chi connectivity index (χ2n) is 39.5. The summed E-state index contributed by atoms with van der Waals surface area (Å²) in [4.78, 5) is 149. The van der Waals surface area contributed by atoms with Crippen LogP contribution in [0, 0.1) is 0 Å². The zero-order chi connectivity index (χ0) is 100. The summed E-state index contributed by atoms with van der Waals surface area (Å²) in [5.41, 5.74) is 22.3. The van der Waals surface area contributed by atoms with E-state index in [0.717, 1.165) is 231 Å². The van der Waals surface area contributed by atoms with Crippen molar-refractivity contribution in [1.29, 1.82) is 0 Å². The summed E-state index contributed by atoms with van der Waals surface area (Å²) >= 11 is 0. The van der Waals surface area contributed by atoms with Crippen molar-refractivity contribution >= 4 is 197 Å². The number of carbonyl (C=O) groups is 5. The molecule has 4 aliphatic heterocycles. The van der Waals surface area contributed by atoms with Gasteiger partial charge < -0.3 is 77.3 Å². The van der Waals surface area contributed by atoms with E-state index in [-0.39, 0.29) is 47.7 Å². The van der Waals surface area contributed by atoms with Crippen molar-refractivity contribution in [2.75, 3.05) is 160 Å². The number of hydrogen-bond donors (Lipinski definition) is 9. The quantitative estimate of drug-likeness (QED) is 0.0342. The fraction of sp³-hybridized carbons (Fsp3) is 0.346. The van der Waals surface area contributed by atoms with Crippen molar-refractivity contribution in [3.8, 4) is 0 Å². The predicted molar refractivity (Wildman–Crippen MR) is 572 cm³/mol. The summed E-state index contributed by atoms with van der Waals surface area (Å²) in [5, 5.41) is 34.0. The molecule has 4 saturated heterocycles. The van der Waals surface area contributed by atoms with Crippen LogP contribution in [0.5, 0.6) is 0 Å². The van der Waals surface area contributed by atoms with Gasteiger partial charge in [-0.25, -0.2) is 74.8 Å². The number of carbonyl (C=O) groups excluding carboxylic acids is 5. The molecule has 3 aliphatic carbocycles. The number of likely N-dealkylation sites (N-methyl/N-ethyl adjacent to an activating group) is 3. The van der Waals surface area contributed by atoms with Gasteiger partial charge in [0.1, 0.15) is 59.5 Å². The van der Waals surface area contributed by atoms with Crippen LogP contribution in [0.4, 0.5) is 28.4 Å². The Labute approximate surface area is 843 Å². The van der Waals surface area contributed by atoms with Crippen LogP contribution in [0.25, 0.3) is 139 Å². The van der Waals surface area contributed by atoms with Crippen molar-refractivity contribution in [3.63, 3.8) is 0 Å². The largest absolute Gasteiger partial charge is 0.387 e. The van der Waals surface area contributed by atoms with Crippen LogP contribution < -0.4 is 47.9 Å². The molecule has 7 aliphatic rings. The fourth-order valence-corrected chi connectivity index (χ4v) is 21.0. The van der Waals surface area contributed by atoms with E-state index in [1.165, 1.54) is 31.8 Å². The van der Waals surface area contributed by atoms with E-state index in [0.29, 0.717) is 118 Å². The Morgan fingerprint density at radius 2 is 0.687 bits per heavy atom. The van der Waals surface area contributed by atoms with Crippen molar-refractivity contribution in [2.24, 2.45) is 0 Å². The van der Waals surface area contributed by atoms with E-state index in [2.05, 4.69) is 133 Å². The normalized spacial score (nSPS) is 16.9. The highest BCUT2D eigenvalue weighted by Crippen LogP contribution is 2.43. The predicted octanol–water partition coefficient (Wildman–Crippen LogP) is 11.7. The minimum atomic E-state index is -0.138. The highest BCUT2D eigenvalue weighted by molar-refractivity contribution is 6.19. The van der Waals surface area contributed by atoms with Gasteiger partial charge in [-0.1, -0.05) is 60.7 Å². The molecule has 2 atom stereocenters. The Morgan fingerprint density at radius 1 is 0.354 bits per heavy atom. The molecule has 748 valence electrons. The third-order valence-corrected chi connectivity index (χ3v) is 28.4. The zero-order valence-corrected chi connectivity index (χ0v) is 83.2. The number of piperazine rings is 1. The maximum Gasteiger partial charge on any atom is 0.259 e. The number of hydrogen-bond acceptors (Lipinski definition) is 30. The molecule has 7 fully saturated rings. The lowest BCUT2D eigenvalue weighted by Crippen LogP contribution is -2.57. The summed E-state index contributed by atoms with van der Waals surface area (Å²) in [6, 6.07) is 41.2. The highest BCUT2D eigenvalue weighted by Gasteiger charge is 2.38. The molecular formula is C107H115N35O5. The van der Waals surface area contributed by atoms with E-state index >= 15 is 0 Å². The van der Waals surface area contributed by atoms with Gasteiger partial charge in [-0.05, 0) is 180 Å². The molecule has 40 heteroatoms. The SMILES string of the molecule is CN(C)CCNC(=O)c1c(NC2CC2)c2cncnc2n2c1nc1ccccc12.CN1CCCN(C(=O)c2c(NC3CC3)c3cncnc3n3c2nc2ccccc23)CC1.CNc1c(C(=O)N2C[C@@H](C)N[C@@H](C)C2)c2nc3ccccc3n2c2ncncc12.CNc1c(C(=O)NC2CN(C)C2)c2nc3ccccc3n2c2ncncc12.O=C(NCCN1CCCC1)c1c(NC2CC2)c2cncnc2n2c1nc1ccccc12. The van der Waals surface area contributed by atoms with Crippen LogP contribution in [0.3, 0.4) is 0 Å². The molecule has 0 unspecified atom stereocenters. The van der Waals surface area contributed by atoms with Crippen molar-refractivity contribution in [2.45, 2.75) is 108 Å². The highest BCUT2D eigenvalue weighted by atomic mass is 16.2. The summed E-state index contributed by atoms with van der Waals surface area (Å²) < 4.78 is 9.87. The topological polar surface area (TPSA) is 428 Å². The zero-order valence-electron chi connectivity index (χ0n) is 83.2. The Kier molecular flexibility index (Phi) is 25.7. The van der Waals surface area contributed by atoms with Crippen LogP contribution in [-0.4, -0.2) is 326 Å². The molecule has 5 amide bonds. The minimum absolute atomic E-state index is 0.0272. The molecule has 40 nitrogen and oxygen atoms in total. The molecule has 3 saturated carbocycles. The van der Waals surface area contributed by atoms with Gasteiger partial charge in [-0.3, -0.25) is 46.0 Å². The molecule has 19 heterocycles. The molecule has 0 spiro atoms. The number of benzene rings is 5. The van der Waals surface area contributed by atoms with Crippen LogP contribution in [0.15, 0.2) is 184 Å². The summed E-state index contributed by atoms with van der Waals surface area (Å²) in [6.45, 7) is 15.6. The van der Waals surface area contributed by atoms with E-state index in [1.54, 1.807) is 44.5 Å². The average Bonchev–Trinajstić information content (AvgIpc) is 1.48. The molecule has 20 aromatic rings. The van der Waals surface area contributed by atoms with Gasteiger partial charge in [-0.2, -0.15) is 0 Å². The van der Waals surface area contributed by atoms with Crippen molar-refractivity contribution < 1.29 is 24.0 Å². The molecule has 15 aromatic heterocycles. The first-order valence-electron chi connectivity index (χ1n) is 50.6. The third-order valence-electron chi connectivity index (χ3n) is 28.4. The number of amides is 5. The molecule has 147 heavy (non-hydrogen) atoms.